The molecular formula is C22H30ClN9. The van der Waals surface area contributed by atoms with Gasteiger partial charge in [0.1, 0.15) is 5.82 Å². The smallest absolute Gasteiger partial charge is 0.224 e. The highest BCUT2D eigenvalue weighted by atomic mass is 35.5. The van der Waals surface area contributed by atoms with Crippen molar-refractivity contribution in [3.8, 4) is 5.82 Å². The SMILES string of the molecule is Cc1c(C=CCN2CCN(c3cccnc3)CC2)cnn1-c1cc(N(C)C)nc(N)n1.Cl. The summed E-state index contributed by atoms with van der Waals surface area (Å²) in [7, 11) is 3.85. The topological polar surface area (TPSA) is 92.2 Å². The number of halogens is 1. The van der Waals surface area contributed by atoms with Gasteiger partial charge in [0.05, 0.1) is 23.8 Å². The van der Waals surface area contributed by atoms with Crippen LogP contribution in [0.15, 0.2) is 42.9 Å². The van der Waals surface area contributed by atoms with E-state index in [-0.39, 0.29) is 18.4 Å². The van der Waals surface area contributed by atoms with Crippen LogP contribution in [-0.4, -0.2) is 76.5 Å². The van der Waals surface area contributed by atoms with Crippen LogP contribution >= 0.6 is 12.4 Å². The Morgan fingerprint density at radius 3 is 2.59 bits per heavy atom. The van der Waals surface area contributed by atoms with Gasteiger partial charge in [0.2, 0.25) is 5.95 Å². The first-order chi connectivity index (χ1) is 15.0. The number of piperazine rings is 1. The van der Waals surface area contributed by atoms with Crippen molar-refractivity contribution in [2.45, 2.75) is 6.92 Å². The van der Waals surface area contributed by atoms with E-state index in [0.29, 0.717) is 5.82 Å². The Hall–Kier alpha value is -3.17. The van der Waals surface area contributed by atoms with Crippen LogP contribution < -0.4 is 15.5 Å². The van der Waals surface area contributed by atoms with E-state index in [2.05, 4.69) is 48.1 Å². The number of nitrogen functional groups attached to an aromatic ring is 1. The zero-order valence-electron chi connectivity index (χ0n) is 18.7. The second-order valence-electron chi connectivity index (χ2n) is 7.84. The number of rotatable bonds is 6. The summed E-state index contributed by atoms with van der Waals surface area (Å²) in [4.78, 5) is 19.6. The molecule has 10 heteroatoms. The first kappa shape index (κ1) is 23.5. The molecule has 3 aromatic rings. The molecule has 0 aromatic carbocycles. The van der Waals surface area contributed by atoms with E-state index in [1.807, 2.05) is 56.6 Å². The monoisotopic (exact) mass is 455 g/mol. The summed E-state index contributed by atoms with van der Waals surface area (Å²) in [6, 6.07) is 5.99. The molecule has 0 radical (unpaired) electrons. The molecule has 0 amide bonds. The number of hydrogen-bond acceptors (Lipinski definition) is 8. The van der Waals surface area contributed by atoms with Crippen molar-refractivity contribution in [3.63, 3.8) is 0 Å². The Morgan fingerprint density at radius 1 is 1.12 bits per heavy atom. The van der Waals surface area contributed by atoms with Crippen molar-refractivity contribution in [2.24, 2.45) is 0 Å². The molecule has 9 nitrogen and oxygen atoms in total. The summed E-state index contributed by atoms with van der Waals surface area (Å²) >= 11 is 0. The van der Waals surface area contributed by atoms with Crippen LogP contribution in [0.1, 0.15) is 11.3 Å². The lowest BCUT2D eigenvalue weighted by Gasteiger charge is -2.35. The Balaban J connectivity index is 0.00000289. The predicted molar refractivity (Wildman–Crippen MR) is 132 cm³/mol. The minimum atomic E-state index is 0. The molecule has 1 aliphatic heterocycles. The van der Waals surface area contributed by atoms with Gasteiger partial charge in [-0.15, -0.1) is 12.4 Å². The van der Waals surface area contributed by atoms with Gasteiger partial charge in [0.25, 0.3) is 0 Å². The van der Waals surface area contributed by atoms with Gasteiger partial charge in [-0.25, -0.2) is 4.68 Å². The van der Waals surface area contributed by atoms with Crippen LogP contribution in [0.4, 0.5) is 17.5 Å². The lowest BCUT2D eigenvalue weighted by Crippen LogP contribution is -2.46. The van der Waals surface area contributed by atoms with E-state index in [1.54, 1.807) is 4.68 Å². The predicted octanol–water partition coefficient (Wildman–Crippen LogP) is 2.27. The van der Waals surface area contributed by atoms with Gasteiger partial charge in [-0.1, -0.05) is 12.2 Å². The van der Waals surface area contributed by atoms with Gasteiger partial charge in [0.15, 0.2) is 5.82 Å². The molecule has 1 saturated heterocycles. The van der Waals surface area contributed by atoms with Gasteiger partial charge in [-0.05, 0) is 19.1 Å². The Morgan fingerprint density at radius 2 is 1.91 bits per heavy atom. The second-order valence-corrected chi connectivity index (χ2v) is 7.84. The molecule has 0 atom stereocenters. The average molecular weight is 456 g/mol. The highest BCUT2D eigenvalue weighted by Gasteiger charge is 2.16. The van der Waals surface area contributed by atoms with Crippen molar-refractivity contribution in [1.82, 2.24) is 29.6 Å². The number of anilines is 3. The molecule has 0 unspecified atom stereocenters. The zero-order valence-corrected chi connectivity index (χ0v) is 19.5. The molecule has 0 spiro atoms. The Labute approximate surface area is 195 Å². The molecule has 3 aromatic heterocycles. The third kappa shape index (κ3) is 5.35. The molecule has 170 valence electrons. The molecule has 0 saturated carbocycles. The van der Waals surface area contributed by atoms with Crippen molar-refractivity contribution < 1.29 is 0 Å². The van der Waals surface area contributed by atoms with Crippen LogP contribution in [0, 0.1) is 6.92 Å². The van der Waals surface area contributed by atoms with Crippen LogP contribution in [-0.2, 0) is 0 Å². The van der Waals surface area contributed by atoms with Crippen molar-refractivity contribution >= 4 is 35.9 Å². The lowest BCUT2D eigenvalue weighted by molar-refractivity contribution is 0.284. The third-order valence-corrected chi connectivity index (χ3v) is 5.48. The Bertz CT molecular complexity index is 1040. The first-order valence-corrected chi connectivity index (χ1v) is 10.4. The minimum absolute atomic E-state index is 0. The maximum atomic E-state index is 5.88. The number of pyridine rings is 1. The lowest BCUT2D eigenvalue weighted by atomic mass is 10.2. The number of nitrogens with two attached hydrogens (primary N) is 1. The second kappa shape index (κ2) is 10.4. The van der Waals surface area contributed by atoms with E-state index in [9.17, 15) is 0 Å². The van der Waals surface area contributed by atoms with Gasteiger partial charge in [-0.3, -0.25) is 9.88 Å². The largest absolute Gasteiger partial charge is 0.368 e. The fourth-order valence-corrected chi connectivity index (χ4v) is 3.65. The molecule has 4 heterocycles. The zero-order chi connectivity index (χ0) is 21.8. The minimum Gasteiger partial charge on any atom is -0.368 e. The van der Waals surface area contributed by atoms with Gasteiger partial charge < -0.3 is 15.5 Å². The summed E-state index contributed by atoms with van der Waals surface area (Å²) in [6.07, 6.45) is 9.94. The summed E-state index contributed by atoms with van der Waals surface area (Å²) in [5, 5.41) is 4.51. The molecule has 0 aliphatic carbocycles. The first-order valence-electron chi connectivity index (χ1n) is 10.4. The third-order valence-electron chi connectivity index (χ3n) is 5.48. The van der Waals surface area contributed by atoms with E-state index in [1.165, 1.54) is 5.69 Å². The Kier molecular flexibility index (Phi) is 7.66. The summed E-state index contributed by atoms with van der Waals surface area (Å²) in [6.45, 7) is 7.04. The van der Waals surface area contributed by atoms with E-state index in [0.717, 1.165) is 49.8 Å². The van der Waals surface area contributed by atoms with Crippen molar-refractivity contribution in [3.05, 3.63) is 54.1 Å². The fraction of sp³-hybridized carbons (Fsp3) is 0.364. The number of hydrogen-bond donors (Lipinski definition) is 1. The van der Waals surface area contributed by atoms with Crippen LogP contribution in [0.2, 0.25) is 0 Å². The normalized spacial score (nSPS) is 14.5. The molecular weight excluding hydrogens is 426 g/mol. The van der Waals surface area contributed by atoms with Crippen LogP contribution in [0.25, 0.3) is 11.9 Å². The van der Waals surface area contributed by atoms with E-state index < -0.39 is 0 Å². The van der Waals surface area contributed by atoms with E-state index >= 15 is 0 Å². The maximum Gasteiger partial charge on any atom is 0.224 e. The van der Waals surface area contributed by atoms with E-state index in [4.69, 9.17) is 5.73 Å². The number of nitrogens with zero attached hydrogens (tertiary/aromatic N) is 8. The van der Waals surface area contributed by atoms with Gasteiger partial charge in [0, 0.05) is 64.6 Å². The molecule has 2 N–H and O–H groups in total. The fourth-order valence-electron chi connectivity index (χ4n) is 3.65. The molecule has 4 rings (SSSR count). The molecule has 1 aliphatic rings. The van der Waals surface area contributed by atoms with Crippen LogP contribution in [0.5, 0.6) is 0 Å². The summed E-state index contributed by atoms with van der Waals surface area (Å²) < 4.78 is 1.80. The van der Waals surface area contributed by atoms with Crippen molar-refractivity contribution in [2.75, 3.05) is 62.4 Å². The van der Waals surface area contributed by atoms with Crippen molar-refractivity contribution in [1.29, 1.82) is 0 Å². The molecule has 32 heavy (non-hydrogen) atoms. The maximum absolute atomic E-state index is 5.88. The standard InChI is InChI=1S/C22H29N9.ClH/c1-17-18(15-25-31(17)21-14-20(28(2)3)26-22(23)27-21)6-5-9-29-10-12-30(13-11-29)19-7-4-8-24-16-19;/h4-8,14-16H,9-13H2,1-3H3,(H2,23,26,27);1H. The van der Waals surface area contributed by atoms with Crippen LogP contribution in [0.3, 0.4) is 0 Å². The molecule has 1 fully saturated rings. The molecule has 0 bridgehead atoms. The number of aromatic nitrogens is 5. The van der Waals surface area contributed by atoms with Gasteiger partial charge in [-0.2, -0.15) is 15.1 Å². The quantitative estimate of drug-likeness (QED) is 0.605. The highest BCUT2D eigenvalue weighted by Crippen LogP contribution is 2.19. The highest BCUT2D eigenvalue weighted by molar-refractivity contribution is 5.85. The summed E-state index contributed by atoms with van der Waals surface area (Å²) in [5.74, 6) is 1.65. The summed E-state index contributed by atoms with van der Waals surface area (Å²) in [5.41, 5.74) is 9.16. The average Bonchev–Trinajstić information content (AvgIpc) is 3.15. The van der Waals surface area contributed by atoms with Gasteiger partial charge >= 0.3 is 0 Å².